The van der Waals surface area contributed by atoms with E-state index in [1.165, 1.54) is 5.56 Å². The highest BCUT2D eigenvalue weighted by Crippen LogP contribution is 2.27. The first kappa shape index (κ1) is 31.5. The van der Waals surface area contributed by atoms with Crippen LogP contribution in [0.5, 0.6) is 5.75 Å². The number of halogens is 1. The van der Waals surface area contributed by atoms with E-state index in [2.05, 4.69) is 67.0 Å². The van der Waals surface area contributed by atoms with E-state index in [0.29, 0.717) is 36.6 Å². The Hall–Kier alpha value is -3.97. The molecule has 3 aromatic carbocycles. The summed E-state index contributed by atoms with van der Waals surface area (Å²) in [6, 6.07) is 22.0. The van der Waals surface area contributed by atoms with Crippen molar-refractivity contribution in [1.82, 2.24) is 14.8 Å². The van der Waals surface area contributed by atoms with Gasteiger partial charge in [0.15, 0.2) is 6.61 Å². The second kappa shape index (κ2) is 12.9. The molecule has 7 heteroatoms. The number of amides is 2. The second-order valence-electron chi connectivity index (χ2n) is 12.8. The number of piperazine rings is 1. The maximum Gasteiger partial charge on any atom is 0.260 e. The van der Waals surface area contributed by atoms with Gasteiger partial charge in [-0.2, -0.15) is 0 Å². The molecule has 0 spiro atoms. The van der Waals surface area contributed by atoms with Gasteiger partial charge in [0.1, 0.15) is 5.75 Å². The number of pyridine rings is 1. The molecule has 44 heavy (non-hydrogen) atoms. The van der Waals surface area contributed by atoms with Crippen molar-refractivity contribution in [2.45, 2.75) is 53.0 Å². The first-order chi connectivity index (χ1) is 20.9. The van der Waals surface area contributed by atoms with Crippen LogP contribution in [-0.2, 0) is 10.2 Å². The van der Waals surface area contributed by atoms with Gasteiger partial charge in [0.25, 0.3) is 11.8 Å². The Morgan fingerprint density at radius 2 is 1.66 bits per heavy atom. The van der Waals surface area contributed by atoms with Gasteiger partial charge >= 0.3 is 0 Å². The molecule has 6 nitrogen and oxygen atoms in total. The molecule has 4 aromatic rings. The fourth-order valence-corrected chi connectivity index (χ4v) is 6.01. The molecule has 2 heterocycles. The van der Waals surface area contributed by atoms with Gasteiger partial charge in [0.2, 0.25) is 0 Å². The van der Waals surface area contributed by atoms with Gasteiger partial charge in [-0.15, -0.1) is 0 Å². The van der Waals surface area contributed by atoms with E-state index >= 15 is 0 Å². The summed E-state index contributed by atoms with van der Waals surface area (Å²) in [4.78, 5) is 35.6. The molecule has 1 fully saturated rings. The number of carbonyl (C=O) groups excluding carboxylic acids is 2. The average molecular weight is 655 g/mol. The third-order valence-electron chi connectivity index (χ3n) is 8.04. The summed E-state index contributed by atoms with van der Waals surface area (Å²) >= 11 is 3.56. The third-order valence-corrected chi connectivity index (χ3v) is 8.54. The molecular formula is C37H40BrN3O3. The van der Waals surface area contributed by atoms with Crippen LogP contribution in [0.3, 0.4) is 0 Å². The molecular weight excluding hydrogens is 614 g/mol. The number of ether oxygens (including phenoxy) is 1. The zero-order valence-corrected chi connectivity index (χ0v) is 27.9. The Kier molecular flexibility index (Phi) is 9.26. The lowest BCUT2D eigenvalue weighted by Gasteiger charge is -2.40. The molecule has 1 saturated heterocycles. The largest absolute Gasteiger partial charge is 0.484 e. The summed E-state index contributed by atoms with van der Waals surface area (Å²) < 4.78 is 6.70. The van der Waals surface area contributed by atoms with Gasteiger partial charge in [-0.3, -0.25) is 9.59 Å². The van der Waals surface area contributed by atoms with E-state index in [9.17, 15) is 9.59 Å². The van der Waals surface area contributed by atoms with Crippen molar-refractivity contribution in [1.29, 1.82) is 0 Å². The number of fused-ring (bicyclic) bond motifs is 1. The second-order valence-corrected chi connectivity index (χ2v) is 13.7. The normalized spacial score (nSPS) is 15.7. The number of carbonyl (C=O) groups is 2. The minimum absolute atomic E-state index is 0.0266. The molecule has 1 aliphatic heterocycles. The van der Waals surface area contributed by atoms with Crippen molar-refractivity contribution in [3.8, 4) is 5.75 Å². The molecule has 0 saturated carbocycles. The Morgan fingerprint density at radius 1 is 0.955 bits per heavy atom. The summed E-state index contributed by atoms with van der Waals surface area (Å²) in [5.74, 6) is 0.551. The molecule has 0 radical (unpaired) electrons. The number of hydrogen-bond donors (Lipinski definition) is 0. The van der Waals surface area contributed by atoms with Crippen LogP contribution < -0.4 is 4.74 Å². The molecule has 1 aromatic heterocycles. The fourth-order valence-electron chi connectivity index (χ4n) is 5.65. The Labute approximate surface area is 268 Å². The highest BCUT2D eigenvalue weighted by atomic mass is 79.9. The third kappa shape index (κ3) is 7.39. The van der Waals surface area contributed by atoms with E-state index in [0.717, 1.165) is 32.1 Å². The van der Waals surface area contributed by atoms with Crippen LogP contribution in [0.15, 0.2) is 71.2 Å². The number of nitrogens with zero attached hydrogens (tertiary/aromatic N) is 3. The predicted molar refractivity (Wildman–Crippen MR) is 182 cm³/mol. The Balaban J connectivity index is 1.32. The molecule has 0 aliphatic carbocycles. The van der Waals surface area contributed by atoms with Gasteiger partial charge in [-0.25, -0.2) is 4.98 Å². The van der Waals surface area contributed by atoms with Crippen molar-refractivity contribution >= 4 is 50.8 Å². The summed E-state index contributed by atoms with van der Waals surface area (Å²) in [5, 5.41) is 0.795. The van der Waals surface area contributed by atoms with E-state index in [-0.39, 0.29) is 29.9 Å². The van der Waals surface area contributed by atoms with Crippen LogP contribution in [0.25, 0.3) is 23.1 Å². The summed E-state index contributed by atoms with van der Waals surface area (Å²) in [6.07, 6.45) is 3.99. The first-order valence-corrected chi connectivity index (χ1v) is 15.9. The molecule has 0 unspecified atom stereocenters. The van der Waals surface area contributed by atoms with Crippen LogP contribution in [0.4, 0.5) is 0 Å². The van der Waals surface area contributed by atoms with Crippen LogP contribution in [0.1, 0.15) is 66.0 Å². The number of hydrogen-bond acceptors (Lipinski definition) is 4. The fraction of sp³-hybridized carbons (Fsp3) is 0.324. The van der Waals surface area contributed by atoms with E-state index in [1.54, 1.807) is 4.90 Å². The topological polar surface area (TPSA) is 62.7 Å². The highest BCUT2D eigenvalue weighted by molar-refractivity contribution is 9.10. The minimum Gasteiger partial charge on any atom is -0.484 e. The lowest BCUT2D eigenvalue weighted by atomic mass is 9.87. The van der Waals surface area contributed by atoms with Crippen molar-refractivity contribution in [2.75, 3.05) is 26.2 Å². The SMILES string of the molecule is Cc1cc(C)cc(OCC(=O)N2CCN(C(=O)c3cc(/C=C/c4ccc(C(C)(C)C)cc4)nc4ccc(Br)cc34)[C@H](C)C2)c1. The quantitative estimate of drug-likeness (QED) is 0.213. The van der Waals surface area contributed by atoms with Crippen LogP contribution in [0.2, 0.25) is 0 Å². The molecule has 0 bridgehead atoms. The van der Waals surface area contributed by atoms with E-state index in [4.69, 9.17) is 9.72 Å². The molecule has 1 atom stereocenters. The maximum atomic E-state index is 14.1. The summed E-state index contributed by atoms with van der Waals surface area (Å²) in [5.41, 5.74) is 6.70. The van der Waals surface area contributed by atoms with Gasteiger partial charge in [-0.05, 0) is 90.9 Å². The highest BCUT2D eigenvalue weighted by Gasteiger charge is 2.31. The van der Waals surface area contributed by atoms with Gasteiger partial charge in [0.05, 0.1) is 16.8 Å². The lowest BCUT2D eigenvalue weighted by molar-refractivity contribution is -0.135. The van der Waals surface area contributed by atoms with E-state index in [1.807, 2.05) is 74.2 Å². The summed E-state index contributed by atoms with van der Waals surface area (Å²) in [7, 11) is 0. The van der Waals surface area contributed by atoms with Crippen molar-refractivity contribution in [3.05, 3.63) is 105 Å². The number of rotatable bonds is 6. The molecule has 0 N–H and O–H groups in total. The standard InChI is InChI=1S/C37H40BrN3O3/c1-24-17-25(2)19-31(18-24)44-23-35(42)40-15-16-41(26(3)22-40)36(43)33-21-30(39-34-14-12-29(38)20-32(33)34)13-9-27-7-10-28(11-8-27)37(4,5)6/h7-14,17-21,26H,15-16,22-23H2,1-6H3/b13-9+/t26-/m1/s1. The monoisotopic (exact) mass is 653 g/mol. The number of aryl methyl sites for hydroxylation is 2. The molecule has 228 valence electrons. The summed E-state index contributed by atoms with van der Waals surface area (Å²) in [6.45, 7) is 13.9. The maximum absolute atomic E-state index is 14.1. The number of benzene rings is 3. The minimum atomic E-state index is -0.155. The van der Waals surface area contributed by atoms with Crippen molar-refractivity contribution in [2.24, 2.45) is 0 Å². The van der Waals surface area contributed by atoms with Crippen molar-refractivity contribution < 1.29 is 14.3 Å². The predicted octanol–water partition coefficient (Wildman–Crippen LogP) is 7.83. The van der Waals surface area contributed by atoms with Crippen molar-refractivity contribution in [3.63, 3.8) is 0 Å². The Morgan fingerprint density at radius 3 is 2.32 bits per heavy atom. The van der Waals surface area contributed by atoms with Gasteiger partial charge in [-0.1, -0.05) is 73.1 Å². The van der Waals surface area contributed by atoms with Crippen LogP contribution >= 0.6 is 15.9 Å². The average Bonchev–Trinajstić information content (AvgIpc) is 2.97. The lowest BCUT2D eigenvalue weighted by Crippen LogP contribution is -2.56. The molecule has 2 amide bonds. The van der Waals surface area contributed by atoms with Crippen LogP contribution in [-0.4, -0.2) is 58.9 Å². The van der Waals surface area contributed by atoms with E-state index < -0.39 is 0 Å². The first-order valence-electron chi connectivity index (χ1n) is 15.1. The molecule has 5 rings (SSSR count). The zero-order valence-electron chi connectivity index (χ0n) is 26.4. The Bertz CT molecular complexity index is 1700. The van der Waals surface area contributed by atoms with Gasteiger partial charge < -0.3 is 14.5 Å². The zero-order chi connectivity index (χ0) is 31.6. The van der Waals surface area contributed by atoms with Crippen LogP contribution in [0, 0.1) is 13.8 Å². The molecule has 1 aliphatic rings. The smallest absolute Gasteiger partial charge is 0.260 e. The number of aromatic nitrogens is 1. The van der Waals surface area contributed by atoms with Gasteiger partial charge in [0, 0.05) is 35.5 Å².